The summed E-state index contributed by atoms with van der Waals surface area (Å²) in [5, 5.41) is 22.7. The Balaban J connectivity index is 2.40. The van der Waals surface area contributed by atoms with Crippen LogP contribution in [-0.2, 0) is 0 Å². The van der Waals surface area contributed by atoms with E-state index in [0.29, 0.717) is 5.69 Å². The fourth-order valence-electron chi connectivity index (χ4n) is 2.22. The van der Waals surface area contributed by atoms with Gasteiger partial charge in [0, 0.05) is 31.9 Å². The van der Waals surface area contributed by atoms with Crippen molar-refractivity contribution in [2.45, 2.75) is 0 Å². The molecule has 0 aromatic heterocycles. The molecule has 8 nitrogen and oxygen atoms in total. The van der Waals surface area contributed by atoms with Gasteiger partial charge in [-0.25, -0.2) is 4.79 Å². The number of aromatic carboxylic acids is 1. The molecule has 2 aromatic rings. The summed E-state index contributed by atoms with van der Waals surface area (Å²) in [4.78, 5) is 35.8. The molecule has 0 unspecified atom stereocenters. The van der Waals surface area contributed by atoms with Gasteiger partial charge in [0.25, 0.3) is 11.6 Å². The van der Waals surface area contributed by atoms with Crippen LogP contribution in [0.25, 0.3) is 0 Å². The number of carbonyl (C=O) groups excluding carboxylic acids is 1. The quantitative estimate of drug-likeness (QED) is 0.644. The maximum Gasteiger partial charge on any atom is 0.338 e. The predicted octanol–water partition coefficient (Wildman–Crippen LogP) is 2.61. The van der Waals surface area contributed by atoms with Gasteiger partial charge in [-0.15, -0.1) is 0 Å². The van der Waals surface area contributed by atoms with Crippen molar-refractivity contribution < 1.29 is 19.6 Å². The number of non-ortho nitro benzene ring substituents is 1. The second-order valence-electron chi connectivity index (χ2n) is 5.16. The SMILES string of the molecule is CN(C)c1cccc(C(=O)Nc2cccc([N+](=O)[O-])c2)c1C(=O)O. The molecule has 0 saturated heterocycles. The van der Waals surface area contributed by atoms with E-state index in [0.717, 1.165) is 0 Å². The third-order valence-electron chi connectivity index (χ3n) is 3.30. The lowest BCUT2D eigenvalue weighted by Gasteiger charge is -2.17. The van der Waals surface area contributed by atoms with E-state index in [1.807, 2.05) is 0 Å². The maximum atomic E-state index is 12.4. The Morgan fingerprint density at radius 1 is 1.17 bits per heavy atom. The molecule has 0 saturated carbocycles. The van der Waals surface area contributed by atoms with Crippen LogP contribution in [0.3, 0.4) is 0 Å². The Kier molecular flexibility index (Phi) is 4.78. The first-order chi connectivity index (χ1) is 11.3. The number of carboxylic acid groups (broad SMARTS) is 1. The van der Waals surface area contributed by atoms with Crippen LogP contribution in [-0.4, -0.2) is 36.0 Å². The van der Waals surface area contributed by atoms with Gasteiger partial charge in [-0.2, -0.15) is 0 Å². The van der Waals surface area contributed by atoms with Gasteiger partial charge in [-0.1, -0.05) is 12.1 Å². The lowest BCUT2D eigenvalue weighted by atomic mass is 10.0. The number of nitrogens with zero attached hydrogens (tertiary/aromatic N) is 2. The van der Waals surface area contributed by atoms with E-state index >= 15 is 0 Å². The zero-order chi connectivity index (χ0) is 17.9. The summed E-state index contributed by atoms with van der Waals surface area (Å²) in [6.45, 7) is 0. The minimum atomic E-state index is -1.23. The van der Waals surface area contributed by atoms with Crippen LogP contribution in [0.1, 0.15) is 20.7 Å². The molecule has 0 spiro atoms. The molecular weight excluding hydrogens is 314 g/mol. The predicted molar refractivity (Wildman–Crippen MR) is 88.8 cm³/mol. The number of carbonyl (C=O) groups is 2. The molecule has 124 valence electrons. The molecule has 0 aliphatic carbocycles. The molecule has 2 rings (SSSR count). The number of carboxylic acids is 1. The van der Waals surface area contributed by atoms with Crippen LogP contribution in [0.2, 0.25) is 0 Å². The summed E-state index contributed by atoms with van der Waals surface area (Å²) in [7, 11) is 3.34. The summed E-state index contributed by atoms with van der Waals surface area (Å²) < 4.78 is 0. The number of nitrogens with one attached hydrogen (secondary N) is 1. The lowest BCUT2D eigenvalue weighted by molar-refractivity contribution is -0.384. The number of hydrogen-bond acceptors (Lipinski definition) is 5. The highest BCUT2D eigenvalue weighted by molar-refractivity contribution is 6.13. The van der Waals surface area contributed by atoms with Crippen molar-refractivity contribution in [3.8, 4) is 0 Å². The van der Waals surface area contributed by atoms with Crippen molar-refractivity contribution in [3.63, 3.8) is 0 Å². The van der Waals surface area contributed by atoms with E-state index in [1.165, 1.54) is 30.3 Å². The molecule has 1 amide bonds. The summed E-state index contributed by atoms with van der Waals surface area (Å²) in [6, 6.07) is 9.98. The van der Waals surface area contributed by atoms with Crippen LogP contribution in [0.5, 0.6) is 0 Å². The normalized spacial score (nSPS) is 10.1. The number of nitro groups is 1. The average molecular weight is 329 g/mol. The minimum Gasteiger partial charge on any atom is -0.478 e. The first-order valence-electron chi connectivity index (χ1n) is 6.90. The lowest BCUT2D eigenvalue weighted by Crippen LogP contribution is -2.20. The van der Waals surface area contributed by atoms with Crippen LogP contribution >= 0.6 is 0 Å². The first kappa shape index (κ1) is 16.9. The second-order valence-corrected chi connectivity index (χ2v) is 5.16. The van der Waals surface area contributed by atoms with E-state index in [1.54, 1.807) is 31.1 Å². The highest BCUT2D eigenvalue weighted by atomic mass is 16.6. The number of hydrogen-bond donors (Lipinski definition) is 2. The Hall–Kier alpha value is -3.42. The smallest absolute Gasteiger partial charge is 0.338 e. The Morgan fingerprint density at radius 2 is 1.83 bits per heavy atom. The Bertz CT molecular complexity index is 817. The molecule has 8 heteroatoms. The van der Waals surface area contributed by atoms with Gasteiger partial charge in [0.2, 0.25) is 0 Å². The maximum absolute atomic E-state index is 12.4. The van der Waals surface area contributed by atoms with Crippen molar-refractivity contribution in [1.29, 1.82) is 0 Å². The van der Waals surface area contributed by atoms with E-state index in [2.05, 4.69) is 5.32 Å². The minimum absolute atomic E-state index is 0.0276. The molecule has 0 bridgehead atoms. The van der Waals surface area contributed by atoms with E-state index in [9.17, 15) is 24.8 Å². The molecule has 0 aliphatic heterocycles. The number of benzene rings is 2. The second kappa shape index (κ2) is 6.78. The van der Waals surface area contributed by atoms with Gasteiger partial charge in [0.1, 0.15) is 0 Å². The molecule has 2 aromatic carbocycles. The first-order valence-corrected chi connectivity index (χ1v) is 6.90. The number of amides is 1. The fraction of sp³-hybridized carbons (Fsp3) is 0.125. The van der Waals surface area contributed by atoms with Crippen molar-refractivity contribution in [2.75, 3.05) is 24.3 Å². The van der Waals surface area contributed by atoms with Gasteiger partial charge in [0.05, 0.1) is 21.7 Å². The molecular formula is C16H15N3O5. The van der Waals surface area contributed by atoms with Gasteiger partial charge < -0.3 is 15.3 Å². The van der Waals surface area contributed by atoms with Crippen LogP contribution in [0.4, 0.5) is 17.1 Å². The Morgan fingerprint density at radius 3 is 2.42 bits per heavy atom. The van der Waals surface area contributed by atoms with E-state index < -0.39 is 16.8 Å². The topological polar surface area (TPSA) is 113 Å². The molecule has 0 heterocycles. The zero-order valence-corrected chi connectivity index (χ0v) is 13.0. The monoisotopic (exact) mass is 329 g/mol. The average Bonchev–Trinajstić information content (AvgIpc) is 2.54. The summed E-state index contributed by atoms with van der Waals surface area (Å²) in [5.41, 5.74) is 0.258. The molecule has 2 N–H and O–H groups in total. The van der Waals surface area contributed by atoms with Gasteiger partial charge in [0.15, 0.2) is 0 Å². The third kappa shape index (κ3) is 3.49. The molecule has 24 heavy (non-hydrogen) atoms. The van der Waals surface area contributed by atoms with Crippen LogP contribution in [0, 0.1) is 10.1 Å². The largest absolute Gasteiger partial charge is 0.478 e. The number of nitro benzene ring substituents is 1. The van der Waals surface area contributed by atoms with E-state index in [4.69, 9.17) is 0 Å². The van der Waals surface area contributed by atoms with Crippen molar-refractivity contribution in [2.24, 2.45) is 0 Å². The third-order valence-corrected chi connectivity index (χ3v) is 3.30. The number of rotatable bonds is 5. The van der Waals surface area contributed by atoms with E-state index in [-0.39, 0.29) is 22.5 Å². The Labute approximate surface area is 137 Å². The van der Waals surface area contributed by atoms with Crippen molar-refractivity contribution >= 4 is 28.9 Å². The standard InChI is InChI=1S/C16H15N3O5/c1-18(2)13-8-4-7-12(14(13)16(21)22)15(20)17-10-5-3-6-11(9-10)19(23)24/h3-9H,1-2H3,(H,17,20)(H,21,22). The summed E-state index contributed by atoms with van der Waals surface area (Å²) >= 11 is 0. The summed E-state index contributed by atoms with van der Waals surface area (Å²) in [6.07, 6.45) is 0. The van der Waals surface area contributed by atoms with Crippen molar-refractivity contribution in [1.82, 2.24) is 0 Å². The molecule has 0 atom stereocenters. The highest BCUT2D eigenvalue weighted by Crippen LogP contribution is 2.24. The zero-order valence-electron chi connectivity index (χ0n) is 13.0. The van der Waals surface area contributed by atoms with Gasteiger partial charge in [-0.05, 0) is 18.2 Å². The van der Waals surface area contributed by atoms with Crippen molar-refractivity contribution in [3.05, 3.63) is 63.7 Å². The fourth-order valence-corrected chi connectivity index (χ4v) is 2.22. The van der Waals surface area contributed by atoms with Crippen LogP contribution < -0.4 is 10.2 Å². The number of anilines is 2. The van der Waals surface area contributed by atoms with Crippen LogP contribution in [0.15, 0.2) is 42.5 Å². The summed E-state index contributed by atoms with van der Waals surface area (Å²) in [5.74, 6) is -1.89. The molecule has 0 fully saturated rings. The van der Waals surface area contributed by atoms with Gasteiger partial charge in [-0.3, -0.25) is 14.9 Å². The highest BCUT2D eigenvalue weighted by Gasteiger charge is 2.21. The molecule has 0 aliphatic rings. The van der Waals surface area contributed by atoms with Gasteiger partial charge >= 0.3 is 5.97 Å². The molecule has 0 radical (unpaired) electrons.